The van der Waals surface area contributed by atoms with Gasteiger partial charge in [0, 0.05) is 6.04 Å². The van der Waals surface area contributed by atoms with Crippen molar-refractivity contribution in [2.75, 3.05) is 6.54 Å². The molecule has 0 aromatic rings. The lowest BCUT2D eigenvalue weighted by Gasteiger charge is -2.26. The molecule has 0 radical (unpaired) electrons. The van der Waals surface area contributed by atoms with Crippen molar-refractivity contribution in [2.24, 2.45) is 17.8 Å². The van der Waals surface area contributed by atoms with E-state index in [9.17, 15) is 13.2 Å². The number of halogens is 3. The molecule has 4 heteroatoms. The average molecular weight is 207 g/mol. The molecule has 2 aliphatic carbocycles. The second-order valence-corrected chi connectivity index (χ2v) is 4.81. The molecule has 14 heavy (non-hydrogen) atoms. The van der Waals surface area contributed by atoms with E-state index >= 15 is 0 Å². The van der Waals surface area contributed by atoms with Gasteiger partial charge >= 0.3 is 6.18 Å². The van der Waals surface area contributed by atoms with Gasteiger partial charge in [0.05, 0.1) is 6.54 Å². The maximum atomic E-state index is 12.0. The monoisotopic (exact) mass is 207 g/mol. The molecule has 82 valence electrons. The van der Waals surface area contributed by atoms with E-state index in [0.717, 1.165) is 25.2 Å². The summed E-state index contributed by atoms with van der Waals surface area (Å²) in [5.41, 5.74) is 0. The average Bonchev–Trinajstić information content (AvgIpc) is 2.57. The minimum Gasteiger partial charge on any atom is -0.306 e. The summed E-state index contributed by atoms with van der Waals surface area (Å²) in [5.74, 6) is 1.90. The lowest BCUT2D eigenvalue weighted by atomic mass is 9.87. The Labute approximate surface area is 82.1 Å². The Morgan fingerprint density at radius 2 is 1.86 bits per heavy atom. The Hall–Kier alpha value is -0.250. The maximum Gasteiger partial charge on any atom is 0.401 e. The fraction of sp³-hybridized carbons (Fsp3) is 1.00. The zero-order valence-electron chi connectivity index (χ0n) is 8.27. The van der Waals surface area contributed by atoms with Gasteiger partial charge < -0.3 is 5.32 Å². The topological polar surface area (TPSA) is 12.0 Å². The minimum atomic E-state index is -4.06. The van der Waals surface area contributed by atoms with E-state index < -0.39 is 12.7 Å². The van der Waals surface area contributed by atoms with Crippen LogP contribution in [0.3, 0.4) is 0 Å². The largest absolute Gasteiger partial charge is 0.401 e. The molecule has 0 aromatic carbocycles. The van der Waals surface area contributed by atoms with Gasteiger partial charge in [0.15, 0.2) is 0 Å². The highest BCUT2D eigenvalue weighted by atomic mass is 19.4. The number of hydrogen-bond acceptors (Lipinski definition) is 1. The van der Waals surface area contributed by atoms with E-state index in [2.05, 4.69) is 12.2 Å². The number of rotatable bonds is 2. The number of hydrogen-bond donors (Lipinski definition) is 1. The summed E-state index contributed by atoms with van der Waals surface area (Å²) < 4.78 is 35.9. The molecule has 2 aliphatic rings. The Balaban J connectivity index is 1.80. The first-order valence-electron chi connectivity index (χ1n) is 5.26. The predicted octanol–water partition coefficient (Wildman–Crippen LogP) is 2.57. The molecule has 0 heterocycles. The SMILES string of the molecule is C[C@H]1CC2CC1C[C@H]2NCC(F)(F)F. The molecule has 2 bridgehead atoms. The van der Waals surface area contributed by atoms with Gasteiger partial charge in [-0.2, -0.15) is 13.2 Å². The van der Waals surface area contributed by atoms with Crippen LogP contribution in [-0.2, 0) is 0 Å². The quantitative estimate of drug-likeness (QED) is 0.733. The van der Waals surface area contributed by atoms with Gasteiger partial charge in [-0.05, 0) is 37.0 Å². The standard InChI is InChI=1S/C10H16F3N/c1-6-2-8-3-7(6)4-9(8)14-5-10(11,12)13/h6-9,14H,2-5H2,1H3/t6-,7?,8?,9+/m0/s1. The predicted molar refractivity (Wildman–Crippen MR) is 47.8 cm³/mol. The molecular formula is C10H16F3N. The number of nitrogens with one attached hydrogen (secondary N) is 1. The molecule has 2 rings (SSSR count). The fourth-order valence-corrected chi connectivity index (χ4v) is 3.06. The van der Waals surface area contributed by atoms with E-state index in [0.29, 0.717) is 11.8 Å². The van der Waals surface area contributed by atoms with Crippen LogP contribution < -0.4 is 5.32 Å². The molecule has 4 atom stereocenters. The first-order valence-corrected chi connectivity index (χ1v) is 5.26. The zero-order valence-corrected chi connectivity index (χ0v) is 8.27. The van der Waals surface area contributed by atoms with Crippen molar-refractivity contribution < 1.29 is 13.2 Å². The summed E-state index contributed by atoms with van der Waals surface area (Å²) in [6.45, 7) is 1.39. The van der Waals surface area contributed by atoms with Gasteiger partial charge in [0.1, 0.15) is 0 Å². The van der Waals surface area contributed by atoms with E-state index in [4.69, 9.17) is 0 Å². The van der Waals surface area contributed by atoms with Gasteiger partial charge in [-0.3, -0.25) is 0 Å². The molecular weight excluding hydrogens is 191 g/mol. The minimum absolute atomic E-state index is 0.123. The van der Waals surface area contributed by atoms with E-state index in [1.165, 1.54) is 0 Å². The summed E-state index contributed by atoms with van der Waals surface area (Å²) in [6, 6.07) is 0.123. The summed E-state index contributed by atoms with van der Waals surface area (Å²) >= 11 is 0. The van der Waals surface area contributed by atoms with Crippen molar-refractivity contribution in [3.05, 3.63) is 0 Å². The van der Waals surface area contributed by atoms with Crippen LogP contribution in [0.2, 0.25) is 0 Å². The van der Waals surface area contributed by atoms with E-state index in [1.54, 1.807) is 0 Å². The van der Waals surface area contributed by atoms with Crippen LogP contribution >= 0.6 is 0 Å². The Bertz CT molecular complexity index is 212. The van der Waals surface area contributed by atoms with Crippen molar-refractivity contribution in [3.8, 4) is 0 Å². The summed E-state index contributed by atoms with van der Waals surface area (Å²) in [6.07, 6.45) is -0.869. The molecule has 2 saturated carbocycles. The highest BCUT2D eigenvalue weighted by Crippen LogP contribution is 2.48. The zero-order chi connectivity index (χ0) is 10.3. The fourth-order valence-electron chi connectivity index (χ4n) is 3.06. The van der Waals surface area contributed by atoms with Crippen molar-refractivity contribution in [1.29, 1.82) is 0 Å². The summed E-state index contributed by atoms with van der Waals surface area (Å²) in [7, 11) is 0. The van der Waals surface area contributed by atoms with Gasteiger partial charge in [0.25, 0.3) is 0 Å². The molecule has 0 spiro atoms. The molecule has 0 aromatic heterocycles. The third kappa shape index (κ3) is 2.05. The van der Waals surface area contributed by atoms with Crippen molar-refractivity contribution in [2.45, 2.75) is 38.4 Å². The molecule has 0 saturated heterocycles. The molecule has 0 aliphatic heterocycles. The van der Waals surface area contributed by atoms with E-state index in [1.807, 2.05) is 0 Å². The highest BCUT2D eigenvalue weighted by molar-refractivity contribution is 4.97. The Morgan fingerprint density at radius 1 is 1.14 bits per heavy atom. The lowest BCUT2D eigenvalue weighted by molar-refractivity contribution is -0.127. The lowest BCUT2D eigenvalue weighted by Crippen LogP contribution is -2.40. The molecule has 0 amide bonds. The molecule has 1 nitrogen and oxygen atoms in total. The summed E-state index contributed by atoms with van der Waals surface area (Å²) in [5, 5.41) is 2.65. The number of fused-ring (bicyclic) bond motifs is 2. The van der Waals surface area contributed by atoms with Gasteiger partial charge in [0.2, 0.25) is 0 Å². The second kappa shape index (κ2) is 3.40. The van der Waals surface area contributed by atoms with Crippen molar-refractivity contribution in [3.63, 3.8) is 0 Å². The van der Waals surface area contributed by atoms with Crippen LogP contribution in [0.25, 0.3) is 0 Å². The number of alkyl halides is 3. The maximum absolute atomic E-state index is 12.0. The first kappa shape index (κ1) is 10.3. The smallest absolute Gasteiger partial charge is 0.306 e. The van der Waals surface area contributed by atoms with Gasteiger partial charge in [-0.1, -0.05) is 6.92 Å². The Morgan fingerprint density at radius 3 is 2.29 bits per heavy atom. The molecule has 2 unspecified atom stereocenters. The van der Waals surface area contributed by atoms with Crippen molar-refractivity contribution in [1.82, 2.24) is 5.32 Å². The van der Waals surface area contributed by atoms with Crippen LogP contribution in [0, 0.1) is 17.8 Å². The van der Waals surface area contributed by atoms with E-state index in [-0.39, 0.29) is 6.04 Å². The van der Waals surface area contributed by atoms with Gasteiger partial charge in [-0.25, -0.2) is 0 Å². The first-order chi connectivity index (χ1) is 6.46. The van der Waals surface area contributed by atoms with Crippen LogP contribution in [-0.4, -0.2) is 18.8 Å². The molecule has 2 fully saturated rings. The third-order valence-corrected chi connectivity index (χ3v) is 3.78. The van der Waals surface area contributed by atoms with Crippen LogP contribution in [0.5, 0.6) is 0 Å². The molecule has 1 N–H and O–H groups in total. The van der Waals surface area contributed by atoms with Crippen LogP contribution in [0.1, 0.15) is 26.2 Å². The van der Waals surface area contributed by atoms with Crippen LogP contribution in [0.15, 0.2) is 0 Å². The second-order valence-electron chi connectivity index (χ2n) is 4.81. The third-order valence-electron chi connectivity index (χ3n) is 3.78. The van der Waals surface area contributed by atoms with Crippen LogP contribution in [0.4, 0.5) is 13.2 Å². The normalized spacial score (nSPS) is 42.0. The van der Waals surface area contributed by atoms with Gasteiger partial charge in [-0.15, -0.1) is 0 Å². The van der Waals surface area contributed by atoms with Crippen molar-refractivity contribution >= 4 is 0 Å². The highest BCUT2D eigenvalue weighted by Gasteiger charge is 2.44. The summed E-state index contributed by atoms with van der Waals surface area (Å²) in [4.78, 5) is 0. The Kier molecular flexibility index (Phi) is 2.50.